The van der Waals surface area contributed by atoms with Gasteiger partial charge in [0.05, 0.1) is 5.56 Å². The molecule has 1 amide bonds. The molecule has 10 heteroatoms. The SMILES string of the molecule is CC1SC(N)=N[C@](CF)(c2cc(NC(=O)c3ccc(C#N)cn3)cc(F)c2F)C1C. The molecule has 156 valence electrons. The summed E-state index contributed by atoms with van der Waals surface area (Å²) < 4.78 is 43.4. The van der Waals surface area contributed by atoms with Crippen molar-refractivity contribution in [3.63, 3.8) is 0 Å². The van der Waals surface area contributed by atoms with E-state index < -0.39 is 35.7 Å². The lowest BCUT2D eigenvalue weighted by molar-refractivity contribution is 0.102. The number of alkyl halides is 1. The van der Waals surface area contributed by atoms with Gasteiger partial charge in [0.1, 0.15) is 24.0 Å². The van der Waals surface area contributed by atoms with Gasteiger partial charge in [-0.05, 0) is 18.2 Å². The Hall–Kier alpha value is -3.06. The number of carbonyl (C=O) groups excluding carboxylic acids is 1. The number of amidine groups is 1. The maximum absolute atomic E-state index is 14.8. The van der Waals surface area contributed by atoms with Crippen LogP contribution in [-0.4, -0.2) is 28.0 Å². The van der Waals surface area contributed by atoms with Crippen LogP contribution < -0.4 is 11.1 Å². The number of nitrogens with two attached hydrogens (primary N) is 1. The molecule has 1 aliphatic rings. The summed E-state index contributed by atoms with van der Waals surface area (Å²) in [5.41, 5.74) is 3.92. The molecule has 0 fully saturated rings. The molecular weight excluding hydrogens is 415 g/mol. The highest BCUT2D eigenvalue weighted by Crippen LogP contribution is 2.45. The highest BCUT2D eigenvalue weighted by molar-refractivity contribution is 8.14. The Balaban J connectivity index is 2.02. The molecule has 3 atom stereocenters. The number of hydrogen-bond acceptors (Lipinski definition) is 6. The summed E-state index contributed by atoms with van der Waals surface area (Å²) in [7, 11) is 0. The predicted octanol–water partition coefficient (Wildman–Crippen LogP) is 3.73. The summed E-state index contributed by atoms with van der Waals surface area (Å²) in [6, 6.07) is 6.56. The number of carbonyl (C=O) groups is 1. The molecular formula is C20H18F3N5OS. The molecule has 0 radical (unpaired) electrons. The number of hydrogen-bond donors (Lipinski definition) is 2. The summed E-state index contributed by atoms with van der Waals surface area (Å²) in [4.78, 5) is 20.4. The molecule has 2 heterocycles. The average Bonchev–Trinajstić information content (AvgIpc) is 2.73. The van der Waals surface area contributed by atoms with Gasteiger partial charge >= 0.3 is 0 Å². The van der Waals surface area contributed by atoms with E-state index in [-0.39, 0.29) is 32.9 Å². The largest absolute Gasteiger partial charge is 0.379 e. The van der Waals surface area contributed by atoms with Gasteiger partial charge in [-0.25, -0.2) is 23.1 Å². The van der Waals surface area contributed by atoms with Crippen molar-refractivity contribution in [1.29, 1.82) is 5.26 Å². The minimum atomic E-state index is -1.72. The monoisotopic (exact) mass is 433 g/mol. The van der Waals surface area contributed by atoms with Gasteiger partial charge in [-0.1, -0.05) is 25.6 Å². The Morgan fingerprint density at radius 2 is 2.10 bits per heavy atom. The van der Waals surface area contributed by atoms with Crippen molar-refractivity contribution in [2.45, 2.75) is 24.6 Å². The smallest absolute Gasteiger partial charge is 0.274 e. The first-order valence-electron chi connectivity index (χ1n) is 8.96. The molecule has 1 aromatic heterocycles. The van der Waals surface area contributed by atoms with Crippen LogP contribution in [0.5, 0.6) is 0 Å². The van der Waals surface area contributed by atoms with E-state index in [4.69, 9.17) is 11.0 Å². The van der Waals surface area contributed by atoms with Crippen LogP contribution in [-0.2, 0) is 5.54 Å². The number of thioether (sulfide) groups is 1. The van der Waals surface area contributed by atoms with Gasteiger partial charge in [-0.3, -0.25) is 4.79 Å². The fourth-order valence-corrected chi connectivity index (χ4v) is 4.33. The molecule has 1 aliphatic heterocycles. The maximum atomic E-state index is 14.8. The molecule has 0 aliphatic carbocycles. The molecule has 0 saturated carbocycles. The summed E-state index contributed by atoms with van der Waals surface area (Å²) in [5.74, 6) is -3.70. The van der Waals surface area contributed by atoms with Gasteiger partial charge in [0, 0.05) is 34.7 Å². The van der Waals surface area contributed by atoms with E-state index >= 15 is 0 Å². The number of halogens is 3. The van der Waals surface area contributed by atoms with E-state index in [9.17, 15) is 18.0 Å². The van der Waals surface area contributed by atoms with Crippen molar-refractivity contribution in [3.05, 3.63) is 58.9 Å². The van der Waals surface area contributed by atoms with Crippen LogP contribution in [0.25, 0.3) is 0 Å². The number of benzene rings is 1. The molecule has 3 N–H and O–H groups in total. The van der Waals surface area contributed by atoms with Crippen molar-refractivity contribution >= 4 is 28.5 Å². The summed E-state index contributed by atoms with van der Waals surface area (Å²) in [6.45, 7) is 2.40. The van der Waals surface area contributed by atoms with E-state index in [0.717, 1.165) is 12.1 Å². The van der Waals surface area contributed by atoms with Crippen LogP contribution in [0.1, 0.15) is 35.5 Å². The molecule has 3 rings (SSSR count). The standard InChI is InChI=1S/C20H18F3N5OS/c1-10-11(2)30-19(25)28-20(10,9-21)14-5-13(6-15(22)17(14)23)27-18(29)16-4-3-12(7-24)8-26-16/h3-6,8,10-11H,9H2,1-2H3,(H2,25,28)(H,27,29)/t10?,11?,20-/m0/s1. The van der Waals surface area contributed by atoms with E-state index in [0.29, 0.717) is 0 Å². The third-order valence-corrected chi connectivity index (χ3v) is 6.27. The van der Waals surface area contributed by atoms with Crippen molar-refractivity contribution in [2.75, 3.05) is 12.0 Å². The fourth-order valence-electron chi connectivity index (χ4n) is 3.30. The second-order valence-corrected chi connectivity index (χ2v) is 8.33. The third-order valence-electron chi connectivity index (χ3n) is 5.16. The molecule has 2 aromatic rings. The minimum absolute atomic E-state index is 0.0289. The van der Waals surface area contributed by atoms with Gasteiger partial charge in [-0.2, -0.15) is 5.26 Å². The Morgan fingerprint density at radius 3 is 2.70 bits per heavy atom. The zero-order valence-corrected chi connectivity index (χ0v) is 16.9. The first kappa shape index (κ1) is 21.6. The Bertz CT molecular complexity index is 1050. The van der Waals surface area contributed by atoms with Crippen LogP contribution in [0.2, 0.25) is 0 Å². The van der Waals surface area contributed by atoms with Gasteiger partial charge in [-0.15, -0.1) is 0 Å². The van der Waals surface area contributed by atoms with Crippen LogP contribution in [0, 0.1) is 28.9 Å². The second kappa shape index (κ2) is 8.36. The first-order valence-corrected chi connectivity index (χ1v) is 9.84. The Labute approximate surface area is 175 Å². The van der Waals surface area contributed by atoms with Crippen molar-refractivity contribution < 1.29 is 18.0 Å². The van der Waals surface area contributed by atoms with Gasteiger partial charge in [0.15, 0.2) is 16.8 Å². The normalized spacial score (nSPS) is 23.4. The molecule has 0 saturated heterocycles. The van der Waals surface area contributed by atoms with Crippen LogP contribution in [0.3, 0.4) is 0 Å². The lowest BCUT2D eigenvalue weighted by Gasteiger charge is -2.40. The van der Waals surface area contributed by atoms with Gasteiger partial charge in [0.25, 0.3) is 5.91 Å². The Morgan fingerprint density at radius 1 is 1.37 bits per heavy atom. The van der Waals surface area contributed by atoms with Crippen molar-refractivity contribution in [1.82, 2.24) is 4.98 Å². The van der Waals surface area contributed by atoms with E-state index in [1.54, 1.807) is 13.8 Å². The first-order chi connectivity index (χ1) is 14.2. The molecule has 0 bridgehead atoms. The van der Waals surface area contributed by atoms with Crippen LogP contribution in [0.15, 0.2) is 35.5 Å². The van der Waals surface area contributed by atoms with Crippen LogP contribution in [0.4, 0.5) is 18.9 Å². The molecule has 1 aromatic carbocycles. The summed E-state index contributed by atoms with van der Waals surface area (Å²) in [5, 5.41) is 11.1. The van der Waals surface area contributed by atoms with Gasteiger partial charge in [0.2, 0.25) is 0 Å². The number of nitriles is 1. The molecule has 30 heavy (non-hydrogen) atoms. The molecule has 0 spiro atoms. The number of pyridine rings is 1. The number of aromatic nitrogens is 1. The highest BCUT2D eigenvalue weighted by atomic mass is 32.2. The number of aliphatic imine (C=N–C) groups is 1. The number of nitrogens with zero attached hydrogens (tertiary/aromatic N) is 3. The van der Waals surface area contributed by atoms with Crippen LogP contribution >= 0.6 is 11.8 Å². The number of anilines is 1. The quantitative estimate of drug-likeness (QED) is 0.765. The Kier molecular flexibility index (Phi) is 6.03. The maximum Gasteiger partial charge on any atom is 0.274 e. The molecule has 2 unspecified atom stereocenters. The van der Waals surface area contributed by atoms with E-state index in [2.05, 4.69) is 15.3 Å². The lowest BCUT2D eigenvalue weighted by atomic mass is 9.78. The molecule has 6 nitrogen and oxygen atoms in total. The zero-order chi connectivity index (χ0) is 22.1. The zero-order valence-electron chi connectivity index (χ0n) is 16.1. The summed E-state index contributed by atoms with van der Waals surface area (Å²) >= 11 is 1.23. The van der Waals surface area contributed by atoms with Crippen molar-refractivity contribution in [2.24, 2.45) is 16.6 Å². The van der Waals surface area contributed by atoms with Gasteiger partial charge < -0.3 is 11.1 Å². The number of rotatable bonds is 4. The third kappa shape index (κ3) is 3.85. The fraction of sp³-hybridized carbons (Fsp3) is 0.300. The van der Waals surface area contributed by atoms with E-state index in [1.807, 2.05) is 6.07 Å². The minimum Gasteiger partial charge on any atom is -0.379 e. The van der Waals surface area contributed by atoms with Crippen molar-refractivity contribution in [3.8, 4) is 6.07 Å². The second-order valence-electron chi connectivity index (χ2n) is 6.94. The topological polar surface area (TPSA) is 104 Å². The highest BCUT2D eigenvalue weighted by Gasteiger charge is 2.46. The lowest BCUT2D eigenvalue weighted by Crippen LogP contribution is -2.45. The number of amides is 1. The average molecular weight is 433 g/mol. The number of nitrogens with one attached hydrogen (secondary N) is 1. The summed E-state index contributed by atoms with van der Waals surface area (Å²) in [6.07, 6.45) is 1.21. The predicted molar refractivity (Wildman–Crippen MR) is 109 cm³/mol. The van der Waals surface area contributed by atoms with E-state index in [1.165, 1.54) is 30.1 Å².